The van der Waals surface area contributed by atoms with Crippen LogP contribution in [0.3, 0.4) is 0 Å². The van der Waals surface area contributed by atoms with Crippen LogP contribution in [0.4, 0.5) is 0 Å². The van der Waals surface area contributed by atoms with Gasteiger partial charge in [-0.25, -0.2) is 0 Å². The molecule has 12 atom stereocenters. The van der Waals surface area contributed by atoms with E-state index in [0.29, 0.717) is 42.4 Å². The van der Waals surface area contributed by atoms with Crippen LogP contribution in [-0.4, -0.2) is 90.3 Å². The zero-order valence-corrected chi connectivity index (χ0v) is 29.6. The predicted molar refractivity (Wildman–Crippen MR) is 179 cm³/mol. The highest BCUT2D eigenvalue weighted by atomic mass is 16.5. The van der Waals surface area contributed by atoms with Crippen LogP contribution in [0.1, 0.15) is 106 Å². The van der Waals surface area contributed by atoms with E-state index >= 15 is 0 Å². The summed E-state index contributed by atoms with van der Waals surface area (Å²) in [5, 5.41) is 11.5. The number of allylic oxidation sites excluding steroid dienone is 1. The molecule has 258 valence electrons. The van der Waals surface area contributed by atoms with Gasteiger partial charge in [-0.2, -0.15) is 0 Å². The van der Waals surface area contributed by atoms with E-state index in [1.165, 1.54) is 25.5 Å². The summed E-state index contributed by atoms with van der Waals surface area (Å²) in [7, 11) is 0. The van der Waals surface area contributed by atoms with Gasteiger partial charge in [0.1, 0.15) is 11.7 Å². The predicted octanol–water partition coefficient (Wildman–Crippen LogP) is 6.45. The molecule has 7 nitrogen and oxygen atoms in total. The van der Waals surface area contributed by atoms with Crippen LogP contribution < -0.4 is 0 Å². The highest BCUT2D eigenvalue weighted by Crippen LogP contribution is 2.84. The lowest BCUT2D eigenvalue weighted by Gasteiger charge is -2.60. The average Bonchev–Trinajstić information content (AvgIpc) is 3.73. The van der Waals surface area contributed by atoms with Crippen molar-refractivity contribution in [2.75, 3.05) is 32.7 Å². The molecule has 0 aromatic heterocycles. The molecule has 7 aliphatic rings. The lowest BCUT2D eigenvalue weighted by Crippen LogP contribution is -2.65. The molecule has 1 N–H and O–H groups in total. The first-order valence-electron chi connectivity index (χ1n) is 19.2. The molecule has 0 radical (unpaired) electrons. The Morgan fingerprint density at radius 2 is 1.78 bits per heavy atom. The van der Waals surface area contributed by atoms with Crippen LogP contribution >= 0.6 is 0 Å². The van der Waals surface area contributed by atoms with Gasteiger partial charge in [-0.1, -0.05) is 58.6 Å². The van der Waals surface area contributed by atoms with Crippen molar-refractivity contribution in [1.29, 1.82) is 0 Å². The molecule has 3 saturated heterocycles. The minimum Gasteiger partial charge on any atom is -0.481 e. The number of piperidine rings is 1. The number of hydrogen-bond donors (Lipinski definition) is 1. The van der Waals surface area contributed by atoms with Crippen molar-refractivity contribution >= 4 is 12.3 Å². The van der Waals surface area contributed by atoms with Gasteiger partial charge in [0.25, 0.3) is 0 Å². The molecule has 2 unspecified atom stereocenters. The summed E-state index contributed by atoms with van der Waals surface area (Å²) < 4.78 is 13.4. The minimum atomic E-state index is -1.15. The quantitative estimate of drug-likeness (QED) is 0.218. The van der Waals surface area contributed by atoms with E-state index in [2.05, 4.69) is 57.4 Å². The summed E-state index contributed by atoms with van der Waals surface area (Å²) in [5.74, 6) is 1.00. The van der Waals surface area contributed by atoms with Gasteiger partial charge in [0, 0.05) is 31.1 Å². The molecule has 0 aromatic carbocycles. The van der Waals surface area contributed by atoms with Gasteiger partial charge in [-0.15, -0.1) is 0 Å². The zero-order chi connectivity index (χ0) is 32.6. The first kappa shape index (κ1) is 33.2. The van der Waals surface area contributed by atoms with Crippen LogP contribution in [0.5, 0.6) is 0 Å². The average molecular weight is 639 g/mol. The molecular weight excluding hydrogens is 576 g/mol. The number of carboxylic acid groups (broad SMARTS) is 1. The molecule has 3 heterocycles. The topological polar surface area (TPSA) is 79.3 Å². The Labute approximate surface area is 278 Å². The number of unbranched alkanes of at least 4 members (excludes halogenated alkanes) is 1. The van der Waals surface area contributed by atoms with E-state index < -0.39 is 22.2 Å². The number of nitrogens with zero attached hydrogens (tertiary/aromatic N) is 2. The lowest BCUT2D eigenvalue weighted by molar-refractivity contribution is -0.197. The Hall–Kier alpha value is -1.28. The molecular formula is C39H62N2O5. The van der Waals surface area contributed by atoms with Gasteiger partial charge in [0.2, 0.25) is 0 Å². The number of carbonyl (C=O) groups excluding carboxylic acids is 1. The van der Waals surface area contributed by atoms with Crippen molar-refractivity contribution in [1.82, 2.24) is 9.80 Å². The molecule has 3 aliphatic heterocycles. The number of fused-ring (bicyclic) bond motifs is 2. The molecule has 7 heteroatoms. The summed E-state index contributed by atoms with van der Waals surface area (Å²) >= 11 is 0. The van der Waals surface area contributed by atoms with E-state index in [1.54, 1.807) is 0 Å². The van der Waals surface area contributed by atoms with Crippen LogP contribution in [0.15, 0.2) is 11.6 Å². The van der Waals surface area contributed by atoms with E-state index in [1.807, 2.05) is 0 Å². The van der Waals surface area contributed by atoms with Gasteiger partial charge in [0.05, 0.1) is 29.8 Å². The van der Waals surface area contributed by atoms with Gasteiger partial charge in [-0.05, 0) is 107 Å². The van der Waals surface area contributed by atoms with Gasteiger partial charge >= 0.3 is 5.97 Å². The summed E-state index contributed by atoms with van der Waals surface area (Å²) in [6.07, 6.45) is 14.6. The van der Waals surface area contributed by atoms with Crippen molar-refractivity contribution in [3.05, 3.63) is 11.6 Å². The maximum absolute atomic E-state index is 14.1. The van der Waals surface area contributed by atoms with Gasteiger partial charge in [0.15, 0.2) is 0 Å². The number of likely N-dealkylation sites (tertiary alicyclic amines) is 1. The molecule has 46 heavy (non-hydrogen) atoms. The highest BCUT2D eigenvalue weighted by Gasteiger charge is 2.86. The molecule has 0 aromatic rings. The van der Waals surface area contributed by atoms with E-state index in [9.17, 15) is 14.7 Å². The molecule has 4 aliphatic carbocycles. The number of rotatable bonds is 10. The summed E-state index contributed by atoms with van der Waals surface area (Å²) in [6, 6.07) is 0.627. The summed E-state index contributed by atoms with van der Waals surface area (Å²) in [6.45, 7) is 18.5. The minimum absolute atomic E-state index is 0.0994. The highest BCUT2D eigenvalue weighted by molar-refractivity contribution is 5.90. The fraction of sp³-hybridized carbons (Fsp3) is 0.897. The fourth-order valence-electron chi connectivity index (χ4n) is 13.2. The fourth-order valence-corrected chi connectivity index (χ4v) is 13.2. The Morgan fingerprint density at radius 1 is 1.07 bits per heavy atom. The second-order valence-corrected chi connectivity index (χ2v) is 17.4. The maximum Gasteiger partial charge on any atom is 0.315 e. The molecule has 0 spiro atoms. The van der Waals surface area contributed by atoms with Crippen molar-refractivity contribution in [3.63, 3.8) is 0 Å². The summed E-state index contributed by atoms with van der Waals surface area (Å²) in [4.78, 5) is 33.0. The molecule has 6 fully saturated rings. The second-order valence-electron chi connectivity index (χ2n) is 17.4. The first-order valence-corrected chi connectivity index (χ1v) is 19.2. The maximum atomic E-state index is 14.1. The number of ether oxygens (including phenoxy) is 2. The third kappa shape index (κ3) is 4.63. The van der Waals surface area contributed by atoms with Crippen molar-refractivity contribution in [3.8, 4) is 0 Å². The van der Waals surface area contributed by atoms with E-state index in [-0.39, 0.29) is 30.0 Å². The SMILES string of the molecule is CCCC[C@@H]1C[C@H](C23C[C@@H]4[C@H](C)CC[C@H]4[C@@]4(C=O)CC2C=C(C(C)C)[C@@]34C(=O)O)O[C@H]1CN1CCC(N2C[C@@H](C)O[C@@H](C)C2)CC1. The largest absolute Gasteiger partial charge is 0.481 e. The lowest BCUT2D eigenvalue weighted by atomic mass is 9.41. The first-order chi connectivity index (χ1) is 22.0. The third-order valence-electron chi connectivity index (χ3n) is 14.8. The Bertz CT molecular complexity index is 1190. The van der Waals surface area contributed by atoms with Crippen molar-refractivity contribution in [2.24, 2.45) is 51.8 Å². The number of carbonyl (C=O) groups is 2. The smallest absolute Gasteiger partial charge is 0.315 e. The Balaban J connectivity index is 1.16. The Kier molecular flexibility index (Phi) is 8.85. The zero-order valence-electron chi connectivity index (χ0n) is 29.6. The van der Waals surface area contributed by atoms with E-state index in [4.69, 9.17) is 9.47 Å². The second kappa shape index (κ2) is 12.2. The van der Waals surface area contributed by atoms with Crippen molar-refractivity contribution in [2.45, 2.75) is 136 Å². The standard InChI is InChI=1S/C39H62N2O5/c1-7-8-9-28-16-35(46-34(28)22-40-14-12-30(13-15-40)41-20-26(5)45-27(6)21-41)38-19-31-25(4)10-11-32(31)37(23-42)18-29(38)17-33(24(2)3)39(37,38)36(43)44/h17,23-32,34-35H,7-16,18-22H2,1-6H3,(H,43,44)/t25-,26-,27+,28-,29?,31-,32-,34+,35-,37+,38?,39+/m1/s1. The monoisotopic (exact) mass is 638 g/mol. The number of hydrogen-bond acceptors (Lipinski definition) is 6. The summed E-state index contributed by atoms with van der Waals surface area (Å²) in [5.41, 5.74) is -1.46. The van der Waals surface area contributed by atoms with Crippen LogP contribution in [-0.2, 0) is 19.1 Å². The molecule has 0 amide bonds. The normalized spacial score (nSPS) is 47.8. The number of aldehydes is 1. The molecule has 4 bridgehead atoms. The number of carboxylic acids is 1. The number of morpholine rings is 1. The van der Waals surface area contributed by atoms with Crippen LogP contribution in [0.25, 0.3) is 0 Å². The molecule has 3 saturated carbocycles. The Morgan fingerprint density at radius 3 is 2.41 bits per heavy atom. The van der Waals surface area contributed by atoms with Crippen LogP contribution in [0, 0.1) is 51.8 Å². The van der Waals surface area contributed by atoms with Crippen molar-refractivity contribution < 1.29 is 24.2 Å². The van der Waals surface area contributed by atoms with Crippen LogP contribution in [0.2, 0.25) is 0 Å². The molecule has 7 rings (SSSR count). The number of aliphatic carboxylic acids is 1. The van der Waals surface area contributed by atoms with Gasteiger partial charge < -0.3 is 24.3 Å². The van der Waals surface area contributed by atoms with Gasteiger partial charge in [-0.3, -0.25) is 9.69 Å². The third-order valence-corrected chi connectivity index (χ3v) is 14.8. The van der Waals surface area contributed by atoms with E-state index in [0.717, 1.165) is 76.8 Å².